The van der Waals surface area contributed by atoms with Gasteiger partial charge in [-0.25, -0.2) is 0 Å². The van der Waals surface area contributed by atoms with Gasteiger partial charge in [-0.2, -0.15) is 4.37 Å². The predicted molar refractivity (Wildman–Crippen MR) is 74.0 cm³/mol. The molecule has 5 nitrogen and oxygen atoms in total. The van der Waals surface area contributed by atoms with Crippen LogP contribution in [0.25, 0.3) is 0 Å². The number of hydrogen-bond donors (Lipinski definition) is 2. The predicted octanol–water partition coefficient (Wildman–Crippen LogP) is 1.88. The molecule has 0 radical (unpaired) electrons. The van der Waals surface area contributed by atoms with E-state index in [4.69, 9.17) is 10.5 Å². The molecule has 17 heavy (non-hydrogen) atoms. The molecule has 0 aliphatic rings. The molecule has 3 N–H and O–H groups in total. The smallest absolute Gasteiger partial charge is 0.197 e. The van der Waals surface area contributed by atoms with Crippen LogP contribution in [-0.4, -0.2) is 42.1 Å². The minimum Gasteiger partial charge on any atom is -0.490 e. The molecule has 1 aromatic heterocycles. The molecule has 0 aliphatic heterocycles. The van der Waals surface area contributed by atoms with Crippen molar-refractivity contribution in [1.29, 1.82) is 0 Å². The number of rotatable bonds is 7. The molecule has 98 valence electrons. The van der Waals surface area contributed by atoms with Gasteiger partial charge in [0, 0.05) is 12.6 Å². The van der Waals surface area contributed by atoms with Crippen molar-refractivity contribution < 1.29 is 4.74 Å². The van der Waals surface area contributed by atoms with Crippen LogP contribution in [0.5, 0.6) is 5.75 Å². The fourth-order valence-electron chi connectivity index (χ4n) is 1.72. The minimum absolute atomic E-state index is 0.337. The largest absolute Gasteiger partial charge is 0.490 e. The van der Waals surface area contributed by atoms with E-state index in [-0.39, 0.29) is 0 Å². The monoisotopic (exact) mass is 258 g/mol. The van der Waals surface area contributed by atoms with Gasteiger partial charge in [0.2, 0.25) is 0 Å². The zero-order chi connectivity index (χ0) is 12.8. The van der Waals surface area contributed by atoms with Crippen molar-refractivity contribution in [2.45, 2.75) is 26.8 Å². The van der Waals surface area contributed by atoms with Gasteiger partial charge in [0.25, 0.3) is 0 Å². The summed E-state index contributed by atoms with van der Waals surface area (Å²) in [5.41, 5.74) is 5.71. The Morgan fingerprint density at radius 1 is 1.47 bits per heavy atom. The molecule has 0 saturated carbocycles. The number of nitrogens with two attached hydrogens (primary N) is 1. The number of likely N-dealkylation sites (N-methyl/N-ethyl adjacent to an activating group) is 1. The molecule has 1 unspecified atom stereocenters. The second-order valence-corrected chi connectivity index (χ2v) is 4.73. The summed E-state index contributed by atoms with van der Waals surface area (Å²) in [6.45, 7) is 9.60. The number of hydrogen-bond acceptors (Lipinski definition) is 6. The lowest BCUT2D eigenvalue weighted by Gasteiger charge is -2.23. The van der Waals surface area contributed by atoms with E-state index in [1.165, 1.54) is 11.5 Å². The van der Waals surface area contributed by atoms with Crippen molar-refractivity contribution in [3.05, 3.63) is 0 Å². The molecule has 0 aromatic carbocycles. The summed E-state index contributed by atoms with van der Waals surface area (Å²) in [5.74, 6) is 1.11. The van der Waals surface area contributed by atoms with E-state index < -0.39 is 0 Å². The number of methoxy groups -OCH3 is 1. The van der Waals surface area contributed by atoms with Crippen LogP contribution in [-0.2, 0) is 0 Å². The van der Waals surface area contributed by atoms with E-state index in [0.717, 1.165) is 24.6 Å². The number of nitrogens with zero attached hydrogens (tertiary/aromatic N) is 2. The molecule has 0 fully saturated rings. The van der Waals surface area contributed by atoms with Gasteiger partial charge in [0.15, 0.2) is 16.6 Å². The molecule has 1 heterocycles. The summed E-state index contributed by atoms with van der Waals surface area (Å²) in [6, 6.07) is 0.337. The first-order valence-corrected chi connectivity index (χ1v) is 6.67. The average Bonchev–Trinajstić information content (AvgIpc) is 2.66. The van der Waals surface area contributed by atoms with Gasteiger partial charge in [-0.05, 0) is 31.5 Å². The highest BCUT2D eigenvalue weighted by Crippen LogP contribution is 2.35. The van der Waals surface area contributed by atoms with Crippen molar-refractivity contribution in [2.24, 2.45) is 0 Å². The van der Waals surface area contributed by atoms with Crippen LogP contribution < -0.4 is 15.8 Å². The molecule has 1 rings (SSSR count). The van der Waals surface area contributed by atoms with E-state index in [9.17, 15) is 0 Å². The first kappa shape index (κ1) is 14.1. The Labute approximate surface area is 107 Å². The van der Waals surface area contributed by atoms with Crippen LogP contribution in [0.4, 0.5) is 10.8 Å². The maximum Gasteiger partial charge on any atom is 0.197 e. The van der Waals surface area contributed by atoms with Crippen LogP contribution in [0.15, 0.2) is 0 Å². The summed E-state index contributed by atoms with van der Waals surface area (Å²) < 4.78 is 9.30. The molecule has 0 bridgehead atoms. The lowest BCUT2D eigenvalue weighted by atomic mass is 10.3. The molecular formula is C11H22N4OS. The number of aromatic nitrogens is 1. The van der Waals surface area contributed by atoms with Crippen LogP contribution >= 0.6 is 11.5 Å². The van der Waals surface area contributed by atoms with Crippen LogP contribution in [0.1, 0.15) is 20.8 Å². The standard InChI is InChI=1S/C11H22N4OS/c1-5-15(6-2)7-8(3)13-11-9(16-4)10(12)14-17-11/h8,13H,5-7H2,1-4H3,(H2,12,14). The molecule has 1 atom stereocenters. The number of nitrogen functional groups attached to an aromatic ring is 1. The van der Waals surface area contributed by atoms with E-state index in [1.54, 1.807) is 7.11 Å². The average molecular weight is 258 g/mol. The molecule has 1 aromatic rings. The molecule has 6 heteroatoms. The number of nitrogens with one attached hydrogen (secondary N) is 1. The first-order valence-electron chi connectivity index (χ1n) is 5.90. The minimum atomic E-state index is 0.337. The molecule has 0 spiro atoms. The Kier molecular flexibility index (Phi) is 5.50. The fraction of sp³-hybridized carbons (Fsp3) is 0.727. The summed E-state index contributed by atoms with van der Waals surface area (Å²) in [6.07, 6.45) is 0. The van der Waals surface area contributed by atoms with Gasteiger partial charge >= 0.3 is 0 Å². The van der Waals surface area contributed by atoms with E-state index in [2.05, 4.69) is 35.4 Å². The first-order chi connectivity index (χ1) is 8.12. The Hall–Kier alpha value is -1.01. The van der Waals surface area contributed by atoms with Crippen molar-refractivity contribution in [3.8, 4) is 5.75 Å². The van der Waals surface area contributed by atoms with Gasteiger partial charge in [-0.15, -0.1) is 0 Å². The van der Waals surface area contributed by atoms with Crippen molar-refractivity contribution in [3.63, 3.8) is 0 Å². The molecular weight excluding hydrogens is 236 g/mol. The third-order valence-corrected chi connectivity index (χ3v) is 3.46. The van der Waals surface area contributed by atoms with E-state index in [1.807, 2.05) is 0 Å². The van der Waals surface area contributed by atoms with Gasteiger partial charge in [0.05, 0.1) is 7.11 Å². The van der Waals surface area contributed by atoms with Crippen LogP contribution in [0.3, 0.4) is 0 Å². The van der Waals surface area contributed by atoms with Crippen molar-refractivity contribution >= 4 is 22.4 Å². The number of ether oxygens (including phenoxy) is 1. The highest BCUT2D eigenvalue weighted by atomic mass is 32.1. The molecule has 0 amide bonds. The summed E-state index contributed by atoms with van der Waals surface area (Å²) in [5, 5.41) is 4.30. The van der Waals surface area contributed by atoms with Crippen LogP contribution in [0, 0.1) is 0 Å². The fourth-order valence-corrected chi connectivity index (χ4v) is 2.52. The van der Waals surface area contributed by atoms with Gasteiger partial charge < -0.3 is 20.7 Å². The summed E-state index contributed by atoms with van der Waals surface area (Å²) in [7, 11) is 1.61. The lowest BCUT2D eigenvalue weighted by molar-refractivity contribution is 0.294. The normalized spacial score (nSPS) is 12.8. The second kappa shape index (κ2) is 6.66. The second-order valence-electron chi connectivity index (χ2n) is 3.96. The van der Waals surface area contributed by atoms with E-state index >= 15 is 0 Å². The molecule has 0 saturated heterocycles. The topological polar surface area (TPSA) is 63.4 Å². The van der Waals surface area contributed by atoms with Gasteiger partial charge in [0.1, 0.15) is 0 Å². The Balaban J connectivity index is 2.58. The molecule has 0 aliphatic carbocycles. The van der Waals surface area contributed by atoms with Crippen molar-refractivity contribution in [2.75, 3.05) is 37.8 Å². The lowest BCUT2D eigenvalue weighted by Crippen LogP contribution is -2.34. The third-order valence-electron chi connectivity index (χ3n) is 2.68. The summed E-state index contributed by atoms with van der Waals surface area (Å²) in [4.78, 5) is 2.37. The van der Waals surface area contributed by atoms with Gasteiger partial charge in [-0.1, -0.05) is 13.8 Å². The highest BCUT2D eigenvalue weighted by Gasteiger charge is 2.15. The van der Waals surface area contributed by atoms with Crippen molar-refractivity contribution in [1.82, 2.24) is 9.27 Å². The Morgan fingerprint density at radius 3 is 2.65 bits per heavy atom. The zero-order valence-electron chi connectivity index (χ0n) is 11.0. The van der Waals surface area contributed by atoms with Crippen LogP contribution in [0.2, 0.25) is 0 Å². The van der Waals surface area contributed by atoms with Gasteiger partial charge in [-0.3, -0.25) is 0 Å². The highest BCUT2D eigenvalue weighted by molar-refractivity contribution is 7.11. The van der Waals surface area contributed by atoms with E-state index in [0.29, 0.717) is 17.6 Å². The number of anilines is 2. The maximum absolute atomic E-state index is 5.71. The SMILES string of the molecule is CCN(CC)CC(C)Nc1snc(N)c1OC. The summed E-state index contributed by atoms with van der Waals surface area (Å²) >= 11 is 1.34. The third kappa shape index (κ3) is 3.74. The quantitative estimate of drug-likeness (QED) is 0.782. The zero-order valence-corrected chi connectivity index (χ0v) is 11.8. The maximum atomic E-state index is 5.71. The Bertz CT molecular complexity index is 338. The Morgan fingerprint density at radius 2 is 2.12 bits per heavy atom.